The Morgan fingerprint density at radius 2 is 1.86 bits per heavy atom. The fourth-order valence-electron chi connectivity index (χ4n) is 2.92. The highest BCUT2D eigenvalue weighted by Crippen LogP contribution is 2.28. The molecule has 2 amide bonds. The van der Waals surface area contributed by atoms with Gasteiger partial charge in [-0.05, 0) is 30.0 Å². The molecular formula is C18H20N2O. The molecular weight excluding hydrogens is 260 g/mol. The van der Waals surface area contributed by atoms with E-state index < -0.39 is 0 Å². The van der Waals surface area contributed by atoms with Gasteiger partial charge in [0.25, 0.3) is 0 Å². The van der Waals surface area contributed by atoms with E-state index in [4.69, 9.17) is 0 Å². The Bertz CT molecular complexity index is 624. The van der Waals surface area contributed by atoms with Gasteiger partial charge >= 0.3 is 6.03 Å². The second kappa shape index (κ2) is 6.00. The van der Waals surface area contributed by atoms with Gasteiger partial charge in [-0.25, -0.2) is 4.79 Å². The summed E-state index contributed by atoms with van der Waals surface area (Å²) in [5.74, 6) is 0. The molecule has 1 atom stereocenters. The number of urea groups is 1. The third kappa shape index (κ3) is 2.92. The smallest absolute Gasteiger partial charge is 0.318 e. The van der Waals surface area contributed by atoms with Gasteiger partial charge in [0.1, 0.15) is 0 Å². The van der Waals surface area contributed by atoms with Crippen LogP contribution in [0.2, 0.25) is 0 Å². The Labute approximate surface area is 125 Å². The van der Waals surface area contributed by atoms with Crippen molar-refractivity contribution in [2.75, 3.05) is 6.54 Å². The average Bonchev–Trinajstić information content (AvgIpc) is 2.54. The summed E-state index contributed by atoms with van der Waals surface area (Å²) in [5, 5.41) is 3.02. The molecule has 1 unspecified atom stereocenters. The minimum Gasteiger partial charge on any atom is -0.334 e. The van der Waals surface area contributed by atoms with Crippen LogP contribution in [0, 0.1) is 0 Å². The van der Waals surface area contributed by atoms with Gasteiger partial charge in [-0.3, -0.25) is 0 Å². The number of carbonyl (C=O) groups excluding carboxylic acids is 1. The van der Waals surface area contributed by atoms with Crippen LogP contribution in [0.5, 0.6) is 0 Å². The van der Waals surface area contributed by atoms with Crippen molar-refractivity contribution < 1.29 is 4.79 Å². The van der Waals surface area contributed by atoms with Crippen LogP contribution in [0.3, 0.4) is 0 Å². The number of amides is 2. The van der Waals surface area contributed by atoms with Crippen LogP contribution in [0.25, 0.3) is 0 Å². The van der Waals surface area contributed by atoms with Gasteiger partial charge in [0.05, 0.1) is 6.04 Å². The van der Waals surface area contributed by atoms with E-state index in [-0.39, 0.29) is 12.1 Å². The highest BCUT2D eigenvalue weighted by Gasteiger charge is 2.26. The molecule has 1 aliphatic heterocycles. The summed E-state index contributed by atoms with van der Waals surface area (Å²) in [6.45, 7) is 3.45. The first-order chi connectivity index (χ1) is 10.3. The van der Waals surface area contributed by atoms with Crippen LogP contribution in [-0.4, -0.2) is 17.5 Å². The number of rotatable bonds is 2. The first-order valence-corrected chi connectivity index (χ1v) is 7.42. The lowest BCUT2D eigenvalue weighted by molar-refractivity contribution is 0.174. The summed E-state index contributed by atoms with van der Waals surface area (Å²) in [6, 6.07) is 18.5. The third-order valence-electron chi connectivity index (χ3n) is 4.14. The molecule has 0 bridgehead atoms. The van der Waals surface area contributed by atoms with Crippen molar-refractivity contribution in [3.8, 4) is 0 Å². The molecule has 0 saturated carbocycles. The fourth-order valence-corrected chi connectivity index (χ4v) is 2.92. The Balaban J connectivity index is 1.66. The molecule has 0 aromatic heterocycles. The van der Waals surface area contributed by atoms with Crippen LogP contribution in [0.15, 0.2) is 54.6 Å². The first-order valence-electron chi connectivity index (χ1n) is 7.42. The van der Waals surface area contributed by atoms with Crippen molar-refractivity contribution in [3.63, 3.8) is 0 Å². The van der Waals surface area contributed by atoms with E-state index in [1.165, 1.54) is 11.1 Å². The highest BCUT2D eigenvalue weighted by molar-refractivity contribution is 5.75. The maximum atomic E-state index is 12.4. The Hall–Kier alpha value is -2.29. The van der Waals surface area contributed by atoms with Crippen LogP contribution in [0.1, 0.15) is 29.7 Å². The molecule has 3 heteroatoms. The summed E-state index contributed by atoms with van der Waals surface area (Å²) >= 11 is 0. The number of hydrogen-bond donors (Lipinski definition) is 1. The Kier molecular flexibility index (Phi) is 3.91. The summed E-state index contributed by atoms with van der Waals surface area (Å²) < 4.78 is 0. The predicted octanol–water partition coefficient (Wildman–Crippen LogP) is 3.52. The molecule has 0 fully saturated rings. The van der Waals surface area contributed by atoms with E-state index in [2.05, 4.69) is 30.4 Å². The molecule has 2 aromatic carbocycles. The predicted molar refractivity (Wildman–Crippen MR) is 83.9 cm³/mol. The number of nitrogens with one attached hydrogen (secondary N) is 1. The van der Waals surface area contributed by atoms with Crippen LogP contribution < -0.4 is 5.32 Å². The molecule has 3 nitrogen and oxygen atoms in total. The second-order valence-corrected chi connectivity index (χ2v) is 5.46. The normalized spacial score (nSPS) is 17.2. The number of benzene rings is 2. The van der Waals surface area contributed by atoms with Gasteiger partial charge in [0, 0.05) is 13.1 Å². The van der Waals surface area contributed by atoms with E-state index in [1.807, 2.05) is 41.3 Å². The lowest BCUT2D eigenvalue weighted by atomic mass is 9.94. The molecule has 1 heterocycles. The number of carbonyl (C=O) groups is 1. The molecule has 0 aliphatic carbocycles. The first kappa shape index (κ1) is 13.7. The Morgan fingerprint density at radius 3 is 2.67 bits per heavy atom. The quantitative estimate of drug-likeness (QED) is 0.897. The molecule has 108 valence electrons. The monoisotopic (exact) mass is 280 g/mol. The topological polar surface area (TPSA) is 32.3 Å². The van der Waals surface area contributed by atoms with Crippen LogP contribution in [0.4, 0.5) is 4.79 Å². The van der Waals surface area contributed by atoms with E-state index in [0.717, 1.165) is 18.5 Å². The largest absolute Gasteiger partial charge is 0.334 e. The summed E-state index contributed by atoms with van der Waals surface area (Å²) in [4.78, 5) is 14.3. The van der Waals surface area contributed by atoms with Crippen molar-refractivity contribution in [2.24, 2.45) is 0 Å². The zero-order valence-corrected chi connectivity index (χ0v) is 12.3. The standard InChI is InChI=1S/C18H20N2O/c1-14-17-10-6-5-9-16(17)11-12-20(14)18(21)19-13-15-7-3-2-4-8-15/h2-10,14H,11-13H2,1H3,(H,19,21). The van der Waals surface area contributed by atoms with Crippen LogP contribution in [-0.2, 0) is 13.0 Å². The lowest BCUT2D eigenvalue weighted by Crippen LogP contribution is -2.44. The summed E-state index contributed by atoms with van der Waals surface area (Å²) in [7, 11) is 0. The van der Waals surface area contributed by atoms with E-state index in [0.29, 0.717) is 6.54 Å². The molecule has 1 aliphatic rings. The maximum absolute atomic E-state index is 12.4. The van der Waals surface area contributed by atoms with E-state index >= 15 is 0 Å². The summed E-state index contributed by atoms with van der Waals surface area (Å²) in [6.07, 6.45) is 0.930. The van der Waals surface area contributed by atoms with Gasteiger partial charge < -0.3 is 10.2 Å². The highest BCUT2D eigenvalue weighted by atomic mass is 16.2. The van der Waals surface area contributed by atoms with E-state index in [9.17, 15) is 4.79 Å². The van der Waals surface area contributed by atoms with Gasteiger partial charge in [-0.2, -0.15) is 0 Å². The molecule has 3 rings (SSSR count). The van der Waals surface area contributed by atoms with Crippen molar-refractivity contribution in [3.05, 3.63) is 71.3 Å². The number of fused-ring (bicyclic) bond motifs is 1. The molecule has 1 N–H and O–H groups in total. The van der Waals surface area contributed by atoms with Gasteiger partial charge in [-0.1, -0.05) is 54.6 Å². The maximum Gasteiger partial charge on any atom is 0.318 e. The SMILES string of the molecule is CC1c2ccccc2CCN1C(=O)NCc1ccccc1. The van der Waals surface area contributed by atoms with Crippen molar-refractivity contribution >= 4 is 6.03 Å². The molecule has 0 saturated heterocycles. The average molecular weight is 280 g/mol. The Morgan fingerprint density at radius 1 is 1.14 bits per heavy atom. The zero-order valence-electron chi connectivity index (χ0n) is 12.3. The van der Waals surface area contributed by atoms with Crippen molar-refractivity contribution in [1.82, 2.24) is 10.2 Å². The molecule has 2 aromatic rings. The fraction of sp³-hybridized carbons (Fsp3) is 0.278. The van der Waals surface area contributed by atoms with Crippen LogP contribution >= 0.6 is 0 Å². The van der Waals surface area contributed by atoms with Gasteiger partial charge in [-0.15, -0.1) is 0 Å². The van der Waals surface area contributed by atoms with Crippen molar-refractivity contribution in [1.29, 1.82) is 0 Å². The summed E-state index contributed by atoms with van der Waals surface area (Å²) in [5.41, 5.74) is 3.74. The zero-order chi connectivity index (χ0) is 14.7. The minimum atomic E-state index is 0.0147. The minimum absolute atomic E-state index is 0.0147. The third-order valence-corrected chi connectivity index (χ3v) is 4.14. The van der Waals surface area contributed by atoms with Gasteiger partial charge in [0.15, 0.2) is 0 Å². The molecule has 0 spiro atoms. The molecule has 21 heavy (non-hydrogen) atoms. The lowest BCUT2D eigenvalue weighted by Gasteiger charge is -2.35. The number of nitrogens with zero attached hydrogens (tertiary/aromatic N) is 1. The molecule has 0 radical (unpaired) electrons. The van der Waals surface area contributed by atoms with Crippen molar-refractivity contribution in [2.45, 2.75) is 25.9 Å². The van der Waals surface area contributed by atoms with E-state index in [1.54, 1.807) is 0 Å². The second-order valence-electron chi connectivity index (χ2n) is 5.46. The number of hydrogen-bond acceptors (Lipinski definition) is 1. The van der Waals surface area contributed by atoms with Gasteiger partial charge in [0.2, 0.25) is 0 Å².